The normalized spacial score (nSPS) is 17.8. The molecule has 0 bridgehead atoms. The monoisotopic (exact) mass is 168 g/mol. The average Bonchev–Trinajstić information content (AvgIpc) is 2.30. The summed E-state index contributed by atoms with van der Waals surface area (Å²) in [6, 6.07) is 0.433. The van der Waals surface area contributed by atoms with Gasteiger partial charge in [0.2, 0.25) is 0 Å². The number of hydrogen-bond acceptors (Lipinski definition) is 4. The van der Waals surface area contributed by atoms with Crippen LogP contribution in [0.1, 0.15) is 17.7 Å². The zero-order valence-corrected chi connectivity index (χ0v) is 6.99. The minimum absolute atomic E-state index is 0.0304. The van der Waals surface area contributed by atoms with Crippen LogP contribution in [0.3, 0.4) is 0 Å². The number of nitrogens with one attached hydrogen (secondary N) is 1. The minimum atomic E-state index is -0.0304. The van der Waals surface area contributed by atoms with Crippen LogP contribution in [-0.4, -0.2) is 33.0 Å². The summed E-state index contributed by atoms with van der Waals surface area (Å²) in [5.74, 6) is 1.55. The second-order valence-corrected chi connectivity index (χ2v) is 3.00. The summed E-state index contributed by atoms with van der Waals surface area (Å²) in [5.41, 5.74) is 0. The molecule has 12 heavy (non-hydrogen) atoms. The first-order chi connectivity index (χ1) is 5.83. The third kappa shape index (κ3) is 1.02. The number of hydrogen-bond donors (Lipinski definition) is 2. The largest absolute Gasteiger partial charge is 0.388 e. The Bertz CT molecular complexity index is 279. The van der Waals surface area contributed by atoms with Crippen LogP contribution in [0.15, 0.2) is 0 Å². The maximum atomic E-state index is 8.96. The van der Waals surface area contributed by atoms with Crippen molar-refractivity contribution in [2.24, 2.45) is 0 Å². The Labute approximate surface area is 70.4 Å². The lowest BCUT2D eigenvalue weighted by Crippen LogP contribution is -2.44. The highest BCUT2D eigenvalue weighted by atomic mass is 16.3. The number of aliphatic hydroxyl groups is 1. The second kappa shape index (κ2) is 2.84. The van der Waals surface area contributed by atoms with Gasteiger partial charge in [0.05, 0.1) is 6.04 Å². The molecule has 2 rings (SSSR count). The molecule has 1 aromatic rings. The number of rotatable bonds is 2. The lowest BCUT2D eigenvalue weighted by Gasteiger charge is -2.29. The van der Waals surface area contributed by atoms with Crippen molar-refractivity contribution in [1.29, 1.82) is 0 Å². The molecule has 1 aliphatic rings. The van der Waals surface area contributed by atoms with Crippen LogP contribution in [0.2, 0.25) is 0 Å². The molecule has 5 heteroatoms. The lowest BCUT2D eigenvalue weighted by molar-refractivity contribution is 0.247. The molecule has 1 saturated heterocycles. The molecular weight excluding hydrogens is 156 g/mol. The molecule has 5 nitrogen and oxygen atoms in total. The first-order valence-corrected chi connectivity index (χ1v) is 4.05. The highest BCUT2D eigenvalue weighted by molar-refractivity contribution is 4.99. The zero-order chi connectivity index (χ0) is 8.55. The van der Waals surface area contributed by atoms with Crippen molar-refractivity contribution in [1.82, 2.24) is 20.1 Å². The SMILES string of the molecule is Cc1nnc(CO)n1C1CNC1. The molecule has 0 saturated carbocycles. The van der Waals surface area contributed by atoms with E-state index in [4.69, 9.17) is 5.11 Å². The average molecular weight is 168 g/mol. The van der Waals surface area contributed by atoms with E-state index in [1.54, 1.807) is 0 Å². The van der Waals surface area contributed by atoms with Crippen LogP contribution in [0.25, 0.3) is 0 Å². The zero-order valence-electron chi connectivity index (χ0n) is 6.99. The van der Waals surface area contributed by atoms with Crippen LogP contribution >= 0.6 is 0 Å². The molecule has 0 radical (unpaired) electrons. The van der Waals surface area contributed by atoms with Crippen molar-refractivity contribution in [2.45, 2.75) is 19.6 Å². The summed E-state index contributed by atoms with van der Waals surface area (Å²) in [6.45, 7) is 3.78. The minimum Gasteiger partial charge on any atom is -0.388 e. The third-order valence-electron chi connectivity index (χ3n) is 2.20. The molecule has 2 N–H and O–H groups in total. The van der Waals surface area contributed by atoms with Gasteiger partial charge in [-0.15, -0.1) is 10.2 Å². The molecule has 0 aliphatic carbocycles. The molecule has 1 aromatic heterocycles. The maximum absolute atomic E-state index is 8.96. The van der Waals surface area contributed by atoms with E-state index < -0.39 is 0 Å². The Hall–Kier alpha value is -0.940. The van der Waals surface area contributed by atoms with Gasteiger partial charge in [-0.25, -0.2) is 0 Å². The highest BCUT2D eigenvalue weighted by Crippen LogP contribution is 2.15. The van der Waals surface area contributed by atoms with Gasteiger partial charge < -0.3 is 15.0 Å². The van der Waals surface area contributed by atoms with Gasteiger partial charge in [-0.2, -0.15) is 0 Å². The van der Waals surface area contributed by atoms with Crippen LogP contribution in [-0.2, 0) is 6.61 Å². The molecule has 1 aliphatic heterocycles. The van der Waals surface area contributed by atoms with Crippen molar-refractivity contribution in [3.05, 3.63) is 11.6 Å². The molecule has 0 spiro atoms. The van der Waals surface area contributed by atoms with Crippen molar-refractivity contribution in [2.75, 3.05) is 13.1 Å². The second-order valence-electron chi connectivity index (χ2n) is 3.00. The van der Waals surface area contributed by atoms with Gasteiger partial charge in [0.25, 0.3) is 0 Å². The van der Waals surface area contributed by atoms with Crippen molar-refractivity contribution < 1.29 is 5.11 Å². The first-order valence-electron chi connectivity index (χ1n) is 4.05. The van der Waals surface area contributed by atoms with Gasteiger partial charge in [0.15, 0.2) is 5.82 Å². The van der Waals surface area contributed by atoms with E-state index in [0.717, 1.165) is 18.9 Å². The predicted molar refractivity (Wildman–Crippen MR) is 42.6 cm³/mol. The third-order valence-corrected chi connectivity index (χ3v) is 2.20. The predicted octanol–water partition coefficient (Wildman–Crippen LogP) is -0.777. The van der Waals surface area contributed by atoms with Crippen LogP contribution < -0.4 is 5.32 Å². The van der Waals surface area contributed by atoms with Gasteiger partial charge in [-0.3, -0.25) is 0 Å². The molecule has 1 fully saturated rings. The Balaban J connectivity index is 2.31. The fourth-order valence-corrected chi connectivity index (χ4v) is 1.45. The van der Waals surface area contributed by atoms with E-state index in [-0.39, 0.29) is 6.61 Å². The Morgan fingerprint density at radius 2 is 2.33 bits per heavy atom. The fourth-order valence-electron chi connectivity index (χ4n) is 1.45. The van der Waals surface area contributed by atoms with Crippen molar-refractivity contribution >= 4 is 0 Å². The molecule has 66 valence electrons. The van der Waals surface area contributed by atoms with Crippen LogP contribution in [0.5, 0.6) is 0 Å². The van der Waals surface area contributed by atoms with Gasteiger partial charge in [-0.05, 0) is 6.92 Å². The van der Waals surface area contributed by atoms with Gasteiger partial charge in [-0.1, -0.05) is 0 Å². The Morgan fingerprint density at radius 3 is 2.83 bits per heavy atom. The summed E-state index contributed by atoms with van der Waals surface area (Å²) < 4.78 is 2.00. The van der Waals surface area contributed by atoms with Gasteiger partial charge in [0, 0.05) is 13.1 Å². The quantitative estimate of drug-likeness (QED) is 0.608. The Kier molecular flexibility index (Phi) is 1.82. The summed E-state index contributed by atoms with van der Waals surface area (Å²) in [5, 5.41) is 19.9. The molecule has 0 atom stereocenters. The summed E-state index contributed by atoms with van der Waals surface area (Å²) in [6.07, 6.45) is 0. The van der Waals surface area contributed by atoms with Crippen LogP contribution in [0, 0.1) is 6.92 Å². The number of aryl methyl sites for hydroxylation is 1. The first kappa shape index (κ1) is 7.70. The summed E-state index contributed by atoms with van der Waals surface area (Å²) >= 11 is 0. The molecule has 0 amide bonds. The number of nitrogens with zero attached hydrogens (tertiary/aromatic N) is 3. The number of aromatic nitrogens is 3. The van der Waals surface area contributed by atoms with Crippen molar-refractivity contribution in [3.8, 4) is 0 Å². The Morgan fingerprint density at radius 1 is 1.58 bits per heavy atom. The van der Waals surface area contributed by atoms with Gasteiger partial charge in [0.1, 0.15) is 12.4 Å². The maximum Gasteiger partial charge on any atom is 0.159 e. The molecular formula is C7H12N4O. The lowest BCUT2D eigenvalue weighted by atomic mass is 10.2. The van der Waals surface area contributed by atoms with E-state index in [2.05, 4.69) is 15.5 Å². The van der Waals surface area contributed by atoms with E-state index >= 15 is 0 Å². The fraction of sp³-hybridized carbons (Fsp3) is 0.714. The topological polar surface area (TPSA) is 63.0 Å². The van der Waals surface area contributed by atoms with E-state index in [1.807, 2.05) is 11.5 Å². The van der Waals surface area contributed by atoms with Crippen molar-refractivity contribution in [3.63, 3.8) is 0 Å². The number of aliphatic hydroxyl groups excluding tert-OH is 1. The smallest absolute Gasteiger partial charge is 0.159 e. The molecule has 2 heterocycles. The molecule has 0 unspecified atom stereocenters. The summed E-state index contributed by atoms with van der Waals surface area (Å²) in [4.78, 5) is 0. The van der Waals surface area contributed by atoms with E-state index in [9.17, 15) is 0 Å². The standard InChI is InChI=1S/C7H12N4O/c1-5-9-10-7(4-12)11(5)6-2-8-3-6/h6,8,12H,2-4H2,1H3. The van der Waals surface area contributed by atoms with E-state index in [1.165, 1.54) is 0 Å². The highest BCUT2D eigenvalue weighted by Gasteiger charge is 2.23. The van der Waals surface area contributed by atoms with E-state index in [0.29, 0.717) is 11.9 Å². The van der Waals surface area contributed by atoms with Crippen LogP contribution in [0.4, 0.5) is 0 Å². The van der Waals surface area contributed by atoms with Gasteiger partial charge >= 0.3 is 0 Å². The molecule has 0 aromatic carbocycles. The summed E-state index contributed by atoms with van der Waals surface area (Å²) in [7, 11) is 0.